The lowest BCUT2D eigenvalue weighted by Crippen LogP contribution is -2.27. The Morgan fingerprint density at radius 3 is 2.86 bits per heavy atom. The van der Waals surface area contributed by atoms with Crippen molar-refractivity contribution in [2.45, 2.75) is 6.04 Å². The van der Waals surface area contributed by atoms with Gasteiger partial charge in [-0.1, -0.05) is 27.9 Å². The molecule has 0 amide bonds. The van der Waals surface area contributed by atoms with E-state index < -0.39 is 0 Å². The molecule has 1 atom stereocenters. The van der Waals surface area contributed by atoms with Crippen LogP contribution in [0.15, 0.2) is 22.7 Å². The Bertz CT molecular complexity index is 360. The zero-order valence-corrected chi connectivity index (χ0v) is 9.34. The summed E-state index contributed by atoms with van der Waals surface area (Å²) in [7, 11) is 1.59. The van der Waals surface area contributed by atoms with Gasteiger partial charge in [0.05, 0.1) is 7.11 Å². The Morgan fingerprint density at radius 1 is 1.64 bits per heavy atom. The lowest BCUT2D eigenvalue weighted by molar-refractivity contribution is 0.405. The molecule has 1 unspecified atom stereocenters. The predicted octanol–water partition coefficient (Wildman–Crippen LogP) is 1.60. The summed E-state index contributed by atoms with van der Waals surface area (Å²) >= 11 is 3.35. The van der Waals surface area contributed by atoms with Crippen LogP contribution >= 0.6 is 15.9 Å². The smallest absolute Gasteiger partial charge is 0.125 e. The molecule has 0 saturated carbocycles. The van der Waals surface area contributed by atoms with Gasteiger partial charge in [0.1, 0.15) is 11.8 Å². The number of hydrazine groups is 1. The van der Waals surface area contributed by atoms with Crippen molar-refractivity contribution in [2.24, 2.45) is 5.84 Å². The van der Waals surface area contributed by atoms with E-state index in [9.17, 15) is 0 Å². The van der Waals surface area contributed by atoms with Gasteiger partial charge >= 0.3 is 0 Å². The lowest BCUT2D eigenvalue weighted by atomic mass is 10.1. The third kappa shape index (κ3) is 2.26. The number of hydrogen-bond donors (Lipinski definition) is 2. The molecule has 0 radical (unpaired) electrons. The minimum absolute atomic E-state index is 0.335. The molecule has 4 heteroatoms. The standard InChI is InChI=1S/C10H11BrN2O/c1-3-9(13-12)8-5-4-7(11)6-10(8)14-2/h1,4-6,9,13H,12H2,2H3. The average Bonchev–Trinajstić information content (AvgIpc) is 2.21. The summed E-state index contributed by atoms with van der Waals surface area (Å²) < 4.78 is 6.13. The van der Waals surface area contributed by atoms with Crippen LogP contribution in [-0.4, -0.2) is 7.11 Å². The number of nitrogens with two attached hydrogens (primary N) is 1. The molecule has 0 spiro atoms. The minimum Gasteiger partial charge on any atom is -0.496 e. The lowest BCUT2D eigenvalue weighted by Gasteiger charge is -2.13. The molecule has 1 aromatic carbocycles. The number of nitrogens with one attached hydrogen (secondary N) is 1. The van der Waals surface area contributed by atoms with Crippen molar-refractivity contribution in [1.29, 1.82) is 0 Å². The van der Waals surface area contributed by atoms with Crippen molar-refractivity contribution in [3.8, 4) is 18.1 Å². The zero-order valence-electron chi connectivity index (χ0n) is 7.75. The number of halogens is 1. The Morgan fingerprint density at radius 2 is 2.36 bits per heavy atom. The van der Waals surface area contributed by atoms with Crippen molar-refractivity contribution in [3.05, 3.63) is 28.2 Å². The molecule has 1 rings (SSSR count). The molecule has 0 aliphatic heterocycles. The fourth-order valence-corrected chi connectivity index (χ4v) is 1.49. The monoisotopic (exact) mass is 254 g/mol. The van der Waals surface area contributed by atoms with E-state index in [1.807, 2.05) is 18.2 Å². The summed E-state index contributed by atoms with van der Waals surface area (Å²) in [6.07, 6.45) is 5.32. The zero-order chi connectivity index (χ0) is 10.6. The number of benzene rings is 1. The van der Waals surface area contributed by atoms with Crippen LogP contribution in [0.5, 0.6) is 5.75 Å². The summed E-state index contributed by atoms with van der Waals surface area (Å²) in [5, 5.41) is 0. The van der Waals surface area contributed by atoms with Crippen molar-refractivity contribution in [1.82, 2.24) is 5.43 Å². The Labute approximate surface area is 91.7 Å². The van der Waals surface area contributed by atoms with Gasteiger partial charge in [-0.25, -0.2) is 5.43 Å². The van der Waals surface area contributed by atoms with Crippen LogP contribution in [0.1, 0.15) is 11.6 Å². The molecule has 0 bridgehead atoms. The molecule has 0 aliphatic carbocycles. The van der Waals surface area contributed by atoms with Crippen molar-refractivity contribution in [3.63, 3.8) is 0 Å². The summed E-state index contributed by atoms with van der Waals surface area (Å²) in [6, 6.07) is 5.27. The van der Waals surface area contributed by atoms with Crippen LogP contribution in [0.4, 0.5) is 0 Å². The third-order valence-electron chi connectivity index (χ3n) is 1.84. The van der Waals surface area contributed by atoms with Gasteiger partial charge in [-0.05, 0) is 12.1 Å². The Hall–Kier alpha value is -1.02. The maximum absolute atomic E-state index is 5.32. The van der Waals surface area contributed by atoms with E-state index in [2.05, 4.69) is 27.3 Å². The quantitative estimate of drug-likeness (QED) is 0.490. The van der Waals surface area contributed by atoms with Gasteiger partial charge in [0, 0.05) is 10.0 Å². The van der Waals surface area contributed by atoms with E-state index in [4.69, 9.17) is 17.0 Å². The van der Waals surface area contributed by atoms with Crippen LogP contribution in [-0.2, 0) is 0 Å². The topological polar surface area (TPSA) is 47.3 Å². The van der Waals surface area contributed by atoms with E-state index in [1.165, 1.54) is 0 Å². The van der Waals surface area contributed by atoms with E-state index in [-0.39, 0.29) is 6.04 Å². The molecule has 0 fully saturated rings. The first-order chi connectivity index (χ1) is 6.72. The average molecular weight is 255 g/mol. The normalized spacial score (nSPS) is 11.9. The highest BCUT2D eigenvalue weighted by Crippen LogP contribution is 2.27. The van der Waals surface area contributed by atoms with E-state index in [0.29, 0.717) is 5.75 Å². The van der Waals surface area contributed by atoms with E-state index in [0.717, 1.165) is 10.0 Å². The van der Waals surface area contributed by atoms with Crippen LogP contribution in [0.25, 0.3) is 0 Å². The molecule has 3 N–H and O–H groups in total. The Balaban J connectivity index is 3.14. The van der Waals surface area contributed by atoms with Gasteiger partial charge in [0.25, 0.3) is 0 Å². The first-order valence-corrected chi connectivity index (χ1v) is 4.78. The highest BCUT2D eigenvalue weighted by molar-refractivity contribution is 9.10. The van der Waals surface area contributed by atoms with E-state index >= 15 is 0 Å². The number of methoxy groups -OCH3 is 1. The van der Waals surface area contributed by atoms with Crippen LogP contribution in [0.2, 0.25) is 0 Å². The molecule has 1 aromatic rings. The van der Waals surface area contributed by atoms with Crippen molar-refractivity contribution in [2.75, 3.05) is 7.11 Å². The Kier molecular flexibility index (Phi) is 3.96. The van der Waals surface area contributed by atoms with Gasteiger partial charge in [-0.2, -0.15) is 0 Å². The molecule has 0 heterocycles. The van der Waals surface area contributed by atoms with E-state index in [1.54, 1.807) is 7.11 Å². The second-order valence-electron chi connectivity index (χ2n) is 2.65. The number of terminal acetylenes is 1. The molecule has 0 aliphatic rings. The first kappa shape index (κ1) is 11.1. The SMILES string of the molecule is C#CC(NN)c1ccc(Br)cc1OC. The highest BCUT2D eigenvalue weighted by Gasteiger charge is 2.11. The van der Waals surface area contributed by atoms with Gasteiger partial charge < -0.3 is 4.74 Å². The van der Waals surface area contributed by atoms with Crippen molar-refractivity contribution >= 4 is 15.9 Å². The maximum Gasteiger partial charge on any atom is 0.125 e. The second-order valence-corrected chi connectivity index (χ2v) is 3.57. The third-order valence-corrected chi connectivity index (χ3v) is 2.33. The highest BCUT2D eigenvalue weighted by atomic mass is 79.9. The summed E-state index contributed by atoms with van der Waals surface area (Å²) in [6.45, 7) is 0. The van der Waals surface area contributed by atoms with Gasteiger partial charge in [-0.15, -0.1) is 6.42 Å². The molecule has 0 aromatic heterocycles. The number of ether oxygens (including phenoxy) is 1. The molecular weight excluding hydrogens is 244 g/mol. The molecule has 3 nitrogen and oxygen atoms in total. The van der Waals surface area contributed by atoms with Crippen LogP contribution < -0.4 is 16.0 Å². The summed E-state index contributed by atoms with van der Waals surface area (Å²) in [4.78, 5) is 0. The molecule has 74 valence electrons. The minimum atomic E-state index is -0.335. The van der Waals surface area contributed by atoms with Gasteiger partial charge in [0.2, 0.25) is 0 Å². The summed E-state index contributed by atoms with van der Waals surface area (Å²) in [5.74, 6) is 8.56. The first-order valence-electron chi connectivity index (χ1n) is 3.98. The molecule has 14 heavy (non-hydrogen) atoms. The number of rotatable bonds is 3. The van der Waals surface area contributed by atoms with Gasteiger partial charge in [-0.3, -0.25) is 5.84 Å². The van der Waals surface area contributed by atoms with Crippen LogP contribution in [0.3, 0.4) is 0 Å². The van der Waals surface area contributed by atoms with Crippen LogP contribution in [0, 0.1) is 12.3 Å². The van der Waals surface area contributed by atoms with Gasteiger partial charge in [0.15, 0.2) is 0 Å². The second kappa shape index (κ2) is 5.01. The maximum atomic E-state index is 5.32. The molecular formula is C10H11BrN2O. The number of hydrogen-bond acceptors (Lipinski definition) is 3. The fraction of sp³-hybridized carbons (Fsp3) is 0.200. The molecule has 0 saturated heterocycles. The summed E-state index contributed by atoms with van der Waals surface area (Å²) in [5.41, 5.74) is 3.38. The predicted molar refractivity (Wildman–Crippen MR) is 59.6 cm³/mol. The van der Waals surface area contributed by atoms with Crippen molar-refractivity contribution < 1.29 is 4.74 Å². The largest absolute Gasteiger partial charge is 0.496 e. The fourth-order valence-electron chi connectivity index (χ4n) is 1.15.